The molecule has 24 heavy (non-hydrogen) atoms. The molecule has 0 aliphatic rings. The van der Waals surface area contributed by atoms with E-state index >= 15 is 0 Å². The number of nitrogens with one attached hydrogen (secondary N) is 1. The van der Waals surface area contributed by atoms with Crippen LogP contribution in [0.2, 0.25) is 0 Å². The zero-order chi connectivity index (χ0) is 17.1. The number of hydrogen-bond donors (Lipinski definition) is 1. The molecule has 122 valence electrons. The maximum atomic E-state index is 13.0. The third-order valence-corrected chi connectivity index (χ3v) is 3.78. The molecule has 1 aromatic heterocycles. The van der Waals surface area contributed by atoms with Gasteiger partial charge in [-0.15, -0.1) is 0 Å². The molecule has 0 radical (unpaired) electrons. The monoisotopic (exact) mass is 325 g/mol. The van der Waals surface area contributed by atoms with E-state index in [1.54, 1.807) is 37.4 Å². The Balaban J connectivity index is 1.87. The summed E-state index contributed by atoms with van der Waals surface area (Å²) in [6.07, 6.45) is 1.35. The van der Waals surface area contributed by atoms with Crippen molar-refractivity contribution in [2.75, 3.05) is 7.11 Å². The van der Waals surface area contributed by atoms with Crippen LogP contribution < -0.4 is 10.1 Å². The lowest BCUT2D eigenvalue weighted by molar-refractivity contribution is 0.0936. The van der Waals surface area contributed by atoms with Gasteiger partial charge in [0, 0.05) is 11.5 Å². The molecule has 1 amide bonds. The lowest BCUT2D eigenvalue weighted by atomic mass is 10.1. The summed E-state index contributed by atoms with van der Waals surface area (Å²) in [6.45, 7) is 1.83. The van der Waals surface area contributed by atoms with Crippen molar-refractivity contribution in [3.05, 3.63) is 65.9 Å². The summed E-state index contributed by atoms with van der Waals surface area (Å²) >= 11 is 0. The van der Waals surface area contributed by atoms with Gasteiger partial charge in [0.25, 0.3) is 5.91 Å². The van der Waals surface area contributed by atoms with Gasteiger partial charge in [-0.1, -0.05) is 12.1 Å². The highest BCUT2D eigenvalue weighted by Gasteiger charge is 2.16. The largest absolute Gasteiger partial charge is 0.497 e. The van der Waals surface area contributed by atoms with Crippen LogP contribution in [-0.2, 0) is 0 Å². The van der Waals surface area contributed by atoms with E-state index in [1.807, 2.05) is 6.92 Å². The Bertz CT molecular complexity index is 881. The molecule has 1 atom stereocenters. The van der Waals surface area contributed by atoms with Crippen molar-refractivity contribution in [2.45, 2.75) is 13.0 Å². The van der Waals surface area contributed by atoms with Crippen LogP contribution in [0, 0.1) is 5.82 Å². The van der Waals surface area contributed by atoms with Crippen molar-refractivity contribution >= 4 is 16.8 Å². The molecule has 0 spiro atoms. The van der Waals surface area contributed by atoms with Gasteiger partial charge in [-0.05, 0) is 36.8 Å². The smallest absolute Gasteiger partial charge is 0.271 e. The highest BCUT2D eigenvalue weighted by molar-refractivity contribution is 6.04. The van der Waals surface area contributed by atoms with Gasteiger partial charge in [-0.2, -0.15) is 0 Å². The molecule has 0 saturated carbocycles. The summed E-state index contributed by atoms with van der Waals surface area (Å²) in [5.41, 5.74) is 1.73. The van der Waals surface area contributed by atoms with Crippen molar-refractivity contribution in [1.82, 2.24) is 15.3 Å². The highest BCUT2D eigenvalue weighted by atomic mass is 19.1. The average Bonchev–Trinajstić information content (AvgIpc) is 2.61. The molecular weight excluding hydrogens is 309 g/mol. The zero-order valence-electron chi connectivity index (χ0n) is 13.3. The number of carbonyl (C=O) groups excluding carboxylic acids is 1. The van der Waals surface area contributed by atoms with Crippen LogP contribution in [0.15, 0.2) is 48.8 Å². The standard InChI is InChI=1S/C18H16FN3O2/c1-11(12-3-5-13(19)6-4-12)22-18(23)17-15-8-7-14(24-2)9-16(15)20-10-21-17/h3-11H,1-2H3,(H,22,23)/t11-/m1/s1. The second kappa shape index (κ2) is 6.62. The average molecular weight is 325 g/mol. The van der Waals surface area contributed by atoms with Crippen molar-refractivity contribution < 1.29 is 13.9 Å². The van der Waals surface area contributed by atoms with E-state index in [1.165, 1.54) is 18.5 Å². The number of aromatic nitrogens is 2. The van der Waals surface area contributed by atoms with E-state index in [0.29, 0.717) is 16.7 Å². The summed E-state index contributed by atoms with van der Waals surface area (Å²) in [5.74, 6) is 0.0321. The van der Waals surface area contributed by atoms with E-state index in [9.17, 15) is 9.18 Å². The Hall–Kier alpha value is -3.02. The fourth-order valence-electron chi connectivity index (χ4n) is 2.44. The minimum Gasteiger partial charge on any atom is -0.497 e. The van der Waals surface area contributed by atoms with Gasteiger partial charge in [0.05, 0.1) is 18.7 Å². The number of fused-ring (bicyclic) bond motifs is 1. The minimum atomic E-state index is -0.315. The normalized spacial score (nSPS) is 12.0. The second-order valence-corrected chi connectivity index (χ2v) is 5.35. The Labute approximate surface area is 138 Å². The molecule has 5 nitrogen and oxygen atoms in total. The first kappa shape index (κ1) is 15.9. The van der Waals surface area contributed by atoms with E-state index < -0.39 is 0 Å². The van der Waals surface area contributed by atoms with Crippen molar-refractivity contribution in [3.63, 3.8) is 0 Å². The predicted octanol–water partition coefficient (Wildman–Crippen LogP) is 3.27. The van der Waals surface area contributed by atoms with Crippen LogP contribution in [0.3, 0.4) is 0 Å². The first-order chi connectivity index (χ1) is 11.6. The summed E-state index contributed by atoms with van der Waals surface area (Å²) in [4.78, 5) is 20.8. The van der Waals surface area contributed by atoms with Crippen LogP contribution in [0.5, 0.6) is 5.75 Å². The molecule has 0 aliphatic heterocycles. The Morgan fingerprint density at radius 2 is 1.92 bits per heavy atom. The van der Waals surface area contributed by atoms with Gasteiger partial charge in [0.15, 0.2) is 0 Å². The van der Waals surface area contributed by atoms with E-state index in [-0.39, 0.29) is 23.5 Å². The van der Waals surface area contributed by atoms with Crippen molar-refractivity contribution in [1.29, 1.82) is 0 Å². The number of amides is 1. The first-order valence-electron chi connectivity index (χ1n) is 7.43. The summed E-state index contributed by atoms with van der Waals surface area (Å²) < 4.78 is 18.2. The molecule has 0 fully saturated rings. The SMILES string of the molecule is COc1ccc2c(C(=O)N[C@H](C)c3ccc(F)cc3)ncnc2c1. The number of halogens is 1. The molecule has 2 aromatic carbocycles. The van der Waals surface area contributed by atoms with Crippen LogP contribution in [0.4, 0.5) is 4.39 Å². The molecule has 6 heteroatoms. The fraction of sp³-hybridized carbons (Fsp3) is 0.167. The van der Waals surface area contributed by atoms with Gasteiger partial charge < -0.3 is 10.1 Å². The molecule has 0 aliphatic carbocycles. The molecule has 0 saturated heterocycles. The number of ether oxygens (including phenoxy) is 1. The van der Waals surface area contributed by atoms with Crippen molar-refractivity contribution in [3.8, 4) is 5.75 Å². The minimum absolute atomic E-state index is 0.277. The molecular formula is C18H16FN3O2. The van der Waals surface area contributed by atoms with Gasteiger partial charge in [0.1, 0.15) is 23.6 Å². The van der Waals surface area contributed by atoms with Gasteiger partial charge >= 0.3 is 0 Å². The van der Waals surface area contributed by atoms with Gasteiger partial charge in [-0.25, -0.2) is 14.4 Å². The third-order valence-electron chi connectivity index (χ3n) is 3.78. The fourth-order valence-corrected chi connectivity index (χ4v) is 2.44. The van der Waals surface area contributed by atoms with E-state index in [2.05, 4.69) is 15.3 Å². The van der Waals surface area contributed by atoms with Crippen LogP contribution in [0.1, 0.15) is 29.0 Å². The summed E-state index contributed by atoms with van der Waals surface area (Å²) in [5, 5.41) is 3.51. The molecule has 0 unspecified atom stereocenters. The molecule has 1 N–H and O–H groups in total. The maximum absolute atomic E-state index is 13.0. The number of methoxy groups -OCH3 is 1. The first-order valence-corrected chi connectivity index (χ1v) is 7.43. The summed E-state index contributed by atoms with van der Waals surface area (Å²) in [7, 11) is 1.57. The topological polar surface area (TPSA) is 64.1 Å². The number of carbonyl (C=O) groups is 1. The number of hydrogen-bond acceptors (Lipinski definition) is 4. The maximum Gasteiger partial charge on any atom is 0.271 e. The Morgan fingerprint density at radius 1 is 1.17 bits per heavy atom. The van der Waals surface area contributed by atoms with Crippen LogP contribution in [-0.4, -0.2) is 23.0 Å². The van der Waals surface area contributed by atoms with Gasteiger partial charge in [-0.3, -0.25) is 4.79 Å². The number of rotatable bonds is 4. The molecule has 3 aromatic rings. The summed E-state index contributed by atoms with van der Waals surface area (Å²) in [6, 6.07) is 11.0. The number of nitrogens with zero attached hydrogens (tertiary/aromatic N) is 2. The zero-order valence-corrected chi connectivity index (χ0v) is 13.3. The lowest BCUT2D eigenvalue weighted by Gasteiger charge is -2.14. The molecule has 0 bridgehead atoms. The van der Waals surface area contributed by atoms with Crippen LogP contribution in [0.25, 0.3) is 10.9 Å². The predicted molar refractivity (Wildman–Crippen MR) is 88.4 cm³/mol. The van der Waals surface area contributed by atoms with Crippen LogP contribution >= 0.6 is 0 Å². The Kier molecular flexibility index (Phi) is 4.37. The van der Waals surface area contributed by atoms with Crippen molar-refractivity contribution in [2.24, 2.45) is 0 Å². The lowest BCUT2D eigenvalue weighted by Crippen LogP contribution is -2.27. The van der Waals surface area contributed by atoms with Gasteiger partial charge in [0.2, 0.25) is 0 Å². The van der Waals surface area contributed by atoms with E-state index in [4.69, 9.17) is 4.74 Å². The number of benzene rings is 2. The Morgan fingerprint density at radius 3 is 2.62 bits per heavy atom. The molecule has 1 heterocycles. The second-order valence-electron chi connectivity index (χ2n) is 5.35. The quantitative estimate of drug-likeness (QED) is 0.799. The van der Waals surface area contributed by atoms with E-state index in [0.717, 1.165) is 5.56 Å². The molecule has 3 rings (SSSR count). The third kappa shape index (κ3) is 3.17. The highest BCUT2D eigenvalue weighted by Crippen LogP contribution is 2.21.